The van der Waals surface area contributed by atoms with Gasteiger partial charge in [-0.1, -0.05) is 45.8 Å². The Morgan fingerprint density at radius 3 is 2.50 bits per heavy atom. The molecule has 94 valence electrons. The van der Waals surface area contributed by atoms with Gasteiger partial charge in [0.1, 0.15) is 0 Å². The van der Waals surface area contributed by atoms with Crippen molar-refractivity contribution >= 4 is 38.5 Å². The lowest BCUT2D eigenvalue weighted by atomic mass is 10.0. The normalized spacial score (nSPS) is 12.4. The van der Waals surface area contributed by atoms with Crippen LogP contribution in [0.2, 0.25) is 0 Å². The topological polar surface area (TPSA) is 20.2 Å². The molecular weight excluding hydrogens is 403 g/mol. The number of rotatable bonds is 3. The molecule has 1 N–H and O–H groups in total. The standard InChI is InChI=1S/C15H14BrIO/c1-10-2-4-11(5-3-10)8-15(18)13-9-12(16)6-7-14(13)17/h2-7,9,15,18H,8H2,1H3. The lowest BCUT2D eigenvalue weighted by molar-refractivity contribution is 0.177. The molecule has 0 aliphatic heterocycles. The van der Waals surface area contributed by atoms with Crippen LogP contribution in [0.25, 0.3) is 0 Å². The van der Waals surface area contributed by atoms with E-state index in [0.717, 1.165) is 19.2 Å². The van der Waals surface area contributed by atoms with Crippen LogP contribution < -0.4 is 0 Å². The van der Waals surface area contributed by atoms with Crippen LogP contribution in [0.15, 0.2) is 46.9 Å². The summed E-state index contributed by atoms with van der Waals surface area (Å²) in [6.45, 7) is 2.07. The molecule has 0 amide bonds. The van der Waals surface area contributed by atoms with E-state index in [4.69, 9.17) is 0 Å². The molecule has 0 aromatic heterocycles. The van der Waals surface area contributed by atoms with E-state index >= 15 is 0 Å². The summed E-state index contributed by atoms with van der Waals surface area (Å²) in [7, 11) is 0. The van der Waals surface area contributed by atoms with Gasteiger partial charge in [0.05, 0.1) is 6.10 Å². The minimum absolute atomic E-state index is 0.461. The number of aliphatic hydroxyl groups excluding tert-OH is 1. The minimum Gasteiger partial charge on any atom is -0.388 e. The Kier molecular flexibility index (Phi) is 4.81. The zero-order valence-electron chi connectivity index (χ0n) is 10.0. The van der Waals surface area contributed by atoms with Gasteiger partial charge in [-0.3, -0.25) is 0 Å². The summed E-state index contributed by atoms with van der Waals surface area (Å²) in [5, 5.41) is 10.3. The fourth-order valence-corrected chi connectivity index (χ4v) is 2.90. The van der Waals surface area contributed by atoms with Gasteiger partial charge in [-0.2, -0.15) is 0 Å². The fraction of sp³-hybridized carbons (Fsp3) is 0.200. The molecule has 1 atom stereocenters. The van der Waals surface area contributed by atoms with Crippen molar-refractivity contribution in [3.05, 3.63) is 67.2 Å². The molecule has 0 heterocycles. The summed E-state index contributed by atoms with van der Waals surface area (Å²) in [6.07, 6.45) is 0.185. The monoisotopic (exact) mass is 416 g/mol. The van der Waals surface area contributed by atoms with Crippen molar-refractivity contribution in [3.8, 4) is 0 Å². The summed E-state index contributed by atoms with van der Waals surface area (Å²) in [6, 6.07) is 14.3. The van der Waals surface area contributed by atoms with Crippen LogP contribution in [0, 0.1) is 10.5 Å². The SMILES string of the molecule is Cc1ccc(CC(O)c2cc(Br)ccc2I)cc1. The maximum absolute atomic E-state index is 10.3. The Balaban J connectivity index is 2.18. The molecule has 0 fully saturated rings. The van der Waals surface area contributed by atoms with E-state index < -0.39 is 6.10 Å². The summed E-state index contributed by atoms with van der Waals surface area (Å²) >= 11 is 5.70. The first kappa shape index (κ1) is 14.0. The number of benzene rings is 2. The van der Waals surface area contributed by atoms with Gasteiger partial charge in [0.15, 0.2) is 0 Å². The highest BCUT2D eigenvalue weighted by Gasteiger charge is 2.12. The fourth-order valence-electron chi connectivity index (χ4n) is 1.83. The van der Waals surface area contributed by atoms with Crippen LogP contribution in [-0.4, -0.2) is 5.11 Å². The van der Waals surface area contributed by atoms with Crippen LogP contribution in [0.1, 0.15) is 22.8 Å². The summed E-state index contributed by atoms with van der Waals surface area (Å²) < 4.78 is 2.09. The molecule has 1 unspecified atom stereocenters. The third-order valence-electron chi connectivity index (χ3n) is 2.87. The zero-order chi connectivity index (χ0) is 13.1. The predicted octanol–water partition coefficient (Wildman–Crippen LogP) is 4.64. The lowest BCUT2D eigenvalue weighted by Gasteiger charge is -2.13. The van der Waals surface area contributed by atoms with E-state index in [2.05, 4.69) is 69.7 Å². The van der Waals surface area contributed by atoms with E-state index in [1.54, 1.807) is 0 Å². The van der Waals surface area contributed by atoms with Crippen molar-refractivity contribution < 1.29 is 5.11 Å². The van der Waals surface area contributed by atoms with Crippen LogP contribution in [0.4, 0.5) is 0 Å². The second-order valence-electron chi connectivity index (χ2n) is 4.37. The van der Waals surface area contributed by atoms with Gasteiger partial charge in [0.2, 0.25) is 0 Å². The summed E-state index contributed by atoms with van der Waals surface area (Å²) in [5.41, 5.74) is 3.37. The molecule has 2 rings (SSSR count). The Labute approximate surface area is 130 Å². The van der Waals surface area contributed by atoms with Crippen LogP contribution in [-0.2, 0) is 6.42 Å². The van der Waals surface area contributed by atoms with Gasteiger partial charge in [0.25, 0.3) is 0 Å². The highest BCUT2D eigenvalue weighted by molar-refractivity contribution is 14.1. The number of aliphatic hydroxyl groups is 1. The minimum atomic E-state index is -0.461. The Bertz CT molecular complexity index is 537. The first-order valence-electron chi connectivity index (χ1n) is 5.75. The largest absolute Gasteiger partial charge is 0.388 e. The zero-order valence-corrected chi connectivity index (χ0v) is 13.8. The average molecular weight is 417 g/mol. The number of aryl methyl sites for hydroxylation is 1. The number of halogens is 2. The van der Waals surface area contributed by atoms with Crippen molar-refractivity contribution in [2.75, 3.05) is 0 Å². The molecular formula is C15H14BrIO. The predicted molar refractivity (Wildman–Crippen MR) is 86.7 cm³/mol. The Morgan fingerprint density at radius 1 is 1.17 bits per heavy atom. The van der Waals surface area contributed by atoms with Crippen molar-refractivity contribution in [1.29, 1.82) is 0 Å². The average Bonchev–Trinajstić information content (AvgIpc) is 2.35. The van der Waals surface area contributed by atoms with Gasteiger partial charge in [0, 0.05) is 14.5 Å². The molecule has 0 saturated heterocycles. The van der Waals surface area contributed by atoms with Crippen LogP contribution in [0.5, 0.6) is 0 Å². The van der Waals surface area contributed by atoms with E-state index in [-0.39, 0.29) is 0 Å². The van der Waals surface area contributed by atoms with E-state index in [9.17, 15) is 5.11 Å². The molecule has 0 aliphatic carbocycles. The second-order valence-corrected chi connectivity index (χ2v) is 6.45. The molecule has 0 radical (unpaired) electrons. The van der Waals surface area contributed by atoms with Gasteiger partial charge < -0.3 is 5.11 Å². The molecule has 1 nitrogen and oxygen atoms in total. The van der Waals surface area contributed by atoms with E-state index in [1.165, 1.54) is 5.56 Å². The summed E-state index contributed by atoms with van der Waals surface area (Å²) in [5.74, 6) is 0. The molecule has 3 heteroatoms. The van der Waals surface area contributed by atoms with E-state index in [0.29, 0.717) is 6.42 Å². The van der Waals surface area contributed by atoms with Crippen LogP contribution >= 0.6 is 38.5 Å². The van der Waals surface area contributed by atoms with Gasteiger partial charge >= 0.3 is 0 Å². The maximum Gasteiger partial charge on any atom is 0.0840 e. The molecule has 0 aliphatic rings. The number of hydrogen-bond acceptors (Lipinski definition) is 1. The third-order valence-corrected chi connectivity index (χ3v) is 4.34. The van der Waals surface area contributed by atoms with Crippen molar-refractivity contribution in [3.63, 3.8) is 0 Å². The van der Waals surface area contributed by atoms with Gasteiger partial charge in [-0.05, 0) is 58.8 Å². The van der Waals surface area contributed by atoms with E-state index in [1.807, 2.05) is 18.2 Å². The Hall–Kier alpha value is -0.390. The Morgan fingerprint density at radius 2 is 1.83 bits per heavy atom. The number of hydrogen-bond donors (Lipinski definition) is 1. The van der Waals surface area contributed by atoms with Crippen molar-refractivity contribution in [1.82, 2.24) is 0 Å². The quantitative estimate of drug-likeness (QED) is 0.722. The highest BCUT2D eigenvalue weighted by Crippen LogP contribution is 2.26. The molecule has 0 bridgehead atoms. The third kappa shape index (κ3) is 3.56. The molecule has 2 aromatic carbocycles. The van der Waals surface area contributed by atoms with Crippen LogP contribution in [0.3, 0.4) is 0 Å². The van der Waals surface area contributed by atoms with Gasteiger partial charge in [-0.25, -0.2) is 0 Å². The van der Waals surface area contributed by atoms with Gasteiger partial charge in [-0.15, -0.1) is 0 Å². The first-order chi connectivity index (χ1) is 8.56. The second kappa shape index (κ2) is 6.17. The molecule has 0 spiro atoms. The smallest absolute Gasteiger partial charge is 0.0840 e. The van der Waals surface area contributed by atoms with Crippen molar-refractivity contribution in [2.45, 2.75) is 19.4 Å². The lowest BCUT2D eigenvalue weighted by Crippen LogP contribution is -2.04. The molecule has 0 saturated carbocycles. The summed E-state index contributed by atoms with van der Waals surface area (Å²) in [4.78, 5) is 0. The molecule has 18 heavy (non-hydrogen) atoms. The molecule has 2 aromatic rings. The van der Waals surface area contributed by atoms with Crippen molar-refractivity contribution in [2.24, 2.45) is 0 Å². The maximum atomic E-state index is 10.3. The first-order valence-corrected chi connectivity index (χ1v) is 7.62. The highest BCUT2D eigenvalue weighted by atomic mass is 127.